The lowest BCUT2D eigenvalue weighted by Crippen LogP contribution is -2.42. The van der Waals surface area contributed by atoms with Crippen LogP contribution in [0.3, 0.4) is 0 Å². The highest BCUT2D eigenvalue weighted by molar-refractivity contribution is 5.99. The Morgan fingerprint density at radius 3 is 2.40 bits per heavy atom. The van der Waals surface area contributed by atoms with Crippen molar-refractivity contribution >= 4 is 17.8 Å². The van der Waals surface area contributed by atoms with E-state index in [-0.39, 0.29) is 12.3 Å². The van der Waals surface area contributed by atoms with E-state index in [2.05, 4.69) is 20.6 Å². The van der Waals surface area contributed by atoms with Gasteiger partial charge in [0.15, 0.2) is 5.95 Å². The van der Waals surface area contributed by atoms with Crippen LogP contribution in [0.4, 0.5) is 5.95 Å². The molecular formula is C27H28N4O4. The first-order chi connectivity index (χ1) is 16.8. The number of imidazole rings is 1. The number of aliphatic carboxylic acids is 1. The zero-order chi connectivity index (χ0) is 24.9. The molecule has 0 saturated carbocycles. The van der Waals surface area contributed by atoms with Gasteiger partial charge in [0, 0.05) is 29.9 Å². The Morgan fingerprint density at radius 1 is 1.06 bits per heavy atom. The van der Waals surface area contributed by atoms with E-state index in [9.17, 15) is 14.7 Å². The minimum atomic E-state index is -1.08. The molecule has 0 bridgehead atoms. The molecule has 8 heteroatoms. The Balaban J connectivity index is 1.41. The van der Waals surface area contributed by atoms with E-state index in [0.29, 0.717) is 23.8 Å². The van der Waals surface area contributed by atoms with Gasteiger partial charge in [-0.3, -0.25) is 4.79 Å². The molecule has 8 nitrogen and oxygen atoms in total. The number of amides is 1. The number of aromatic nitrogens is 2. The van der Waals surface area contributed by atoms with Crippen LogP contribution in [0, 0.1) is 20.8 Å². The first-order valence-corrected chi connectivity index (χ1v) is 11.3. The molecule has 4 aromatic rings. The fourth-order valence-corrected chi connectivity index (χ4v) is 4.17. The van der Waals surface area contributed by atoms with Crippen LogP contribution in [0.25, 0.3) is 11.3 Å². The molecule has 1 atom stereocenters. The SMILES string of the molecule is Cc1cc(C)c(C(=O)NC(Cc2ccc(-c3ccc(CNc4ncc[nH]4)o3)cc2)C(=O)O)c(C)c1. The van der Waals surface area contributed by atoms with Gasteiger partial charge in [-0.1, -0.05) is 42.0 Å². The van der Waals surface area contributed by atoms with Crippen LogP contribution >= 0.6 is 0 Å². The average molecular weight is 473 g/mol. The highest BCUT2D eigenvalue weighted by Gasteiger charge is 2.23. The molecule has 4 rings (SSSR count). The third-order valence-corrected chi connectivity index (χ3v) is 5.78. The van der Waals surface area contributed by atoms with Gasteiger partial charge in [0.25, 0.3) is 5.91 Å². The molecule has 2 aromatic carbocycles. The largest absolute Gasteiger partial charge is 0.480 e. The number of furan rings is 1. The van der Waals surface area contributed by atoms with Gasteiger partial charge in [0.2, 0.25) is 0 Å². The van der Waals surface area contributed by atoms with Crippen molar-refractivity contribution in [1.82, 2.24) is 15.3 Å². The summed E-state index contributed by atoms with van der Waals surface area (Å²) in [7, 11) is 0. The topological polar surface area (TPSA) is 120 Å². The van der Waals surface area contributed by atoms with Crippen LogP contribution in [0.2, 0.25) is 0 Å². The van der Waals surface area contributed by atoms with Crippen molar-refractivity contribution in [3.8, 4) is 11.3 Å². The molecule has 2 heterocycles. The van der Waals surface area contributed by atoms with E-state index in [1.54, 1.807) is 12.4 Å². The number of nitrogens with zero attached hydrogens (tertiary/aromatic N) is 1. The highest BCUT2D eigenvalue weighted by atomic mass is 16.4. The van der Waals surface area contributed by atoms with Crippen LogP contribution in [0.5, 0.6) is 0 Å². The highest BCUT2D eigenvalue weighted by Crippen LogP contribution is 2.24. The quantitative estimate of drug-likeness (QED) is 0.282. The minimum absolute atomic E-state index is 0.168. The fraction of sp³-hybridized carbons (Fsp3) is 0.222. The molecule has 2 aromatic heterocycles. The summed E-state index contributed by atoms with van der Waals surface area (Å²) in [4.78, 5) is 31.8. The van der Waals surface area contributed by atoms with Crippen LogP contribution in [0.15, 0.2) is 65.3 Å². The van der Waals surface area contributed by atoms with E-state index < -0.39 is 12.0 Å². The number of anilines is 1. The number of H-pyrrole nitrogens is 1. The summed E-state index contributed by atoms with van der Waals surface area (Å²) in [6, 6.07) is 14.0. The molecule has 0 fully saturated rings. The van der Waals surface area contributed by atoms with Crippen LogP contribution in [-0.4, -0.2) is 33.0 Å². The molecule has 0 radical (unpaired) electrons. The van der Waals surface area contributed by atoms with Gasteiger partial charge in [-0.25, -0.2) is 9.78 Å². The van der Waals surface area contributed by atoms with Crippen molar-refractivity contribution in [3.63, 3.8) is 0 Å². The van der Waals surface area contributed by atoms with Gasteiger partial charge in [-0.05, 0) is 49.6 Å². The van der Waals surface area contributed by atoms with Crippen LogP contribution in [-0.2, 0) is 17.8 Å². The summed E-state index contributed by atoms with van der Waals surface area (Å²) in [5.74, 6) is 0.678. The predicted molar refractivity (Wildman–Crippen MR) is 133 cm³/mol. The Labute approximate surface area is 203 Å². The number of carboxylic acid groups (broad SMARTS) is 1. The van der Waals surface area contributed by atoms with Gasteiger partial charge < -0.3 is 25.1 Å². The number of carboxylic acids is 1. The number of rotatable bonds is 9. The summed E-state index contributed by atoms with van der Waals surface area (Å²) < 4.78 is 5.90. The number of aromatic amines is 1. The zero-order valence-electron chi connectivity index (χ0n) is 19.9. The van der Waals surface area contributed by atoms with Crippen molar-refractivity contribution < 1.29 is 19.1 Å². The molecule has 1 amide bonds. The van der Waals surface area contributed by atoms with Crippen LogP contribution < -0.4 is 10.6 Å². The second-order valence-electron chi connectivity index (χ2n) is 8.60. The van der Waals surface area contributed by atoms with Gasteiger partial charge in [-0.15, -0.1) is 0 Å². The number of carbonyl (C=O) groups is 2. The third-order valence-electron chi connectivity index (χ3n) is 5.78. The Kier molecular flexibility index (Phi) is 7.01. The maximum Gasteiger partial charge on any atom is 0.326 e. The number of hydrogen-bond donors (Lipinski definition) is 4. The minimum Gasteiger partial charge on any atom is -0.480 e. The van der Waals surface area contributed by atoms with E-state index in [1.807, 2.05) is 69.3 Å². The molecule has 180 valence electrons. The first-order valence-electron chi connectivity index (χ1n) is 11.3. The summed E-state index contributed by atoms with van der Waals surface area (Å²) in [5.41, 5.74) is 4.90. The number of carbonyl (C=O) groups excluding carboxylic acids is 1. The lowest BCUT2D eigenvalue weighted by Gasteiger charge is -2.17. The number of hydrogen-bond acceptors (Lipinski definition) is 5. The van der Waals surface area contributed by atoms with Gasteiger partial charge >= 0.3 is 5.97 Å². The molecule has 0 aliphatic carbocycles. The molecule has 0 saturated heterocycles. The molecule has 1 unspecified atom stereocenters. The normalized spacial score (nSPS) is 11.7. The second kappa shape index (κ2) is 10.3. The van der Waals surface area contributed by atoms with Crippen molar-refractivity contribution in [2.75, 3.05) is 5.32 Å². The standard InChI is InChI=1S/C27H28N4O4/c1-16-12-17(2)24(18(3)13-16)25(32)31-22(26(33)34)14-19-4-6-20(7-5-19)23-9-8-21(35-23)15-30-27-28-10-11-29-27/h4-13,22H,14-15H2,1-3H3,(H,31,32)(H,33,34)(H2,28,29,30). The molecule has 4 N–H and O–H groups in total. The number of benzene rings is 2. The lowest BCUT2D eigenvalue weighted by molar-refractivity contribution is -0.139. The lowest BCUT2D eigenvalue weighted by atomic mass is 9.98. The maximum atomic E-state index is 12.9. The van der Waals surface area contributed by atoms with Gasteiger partial charge in [-0.2, -0.15) is 0 Å². The third kappa shape index (κ3) is 5.78. The van der Waals surface area contributed by atoms with Crippen LogP contribution in [0.1, 0.15) is 38.4 Å². The molecule has 35 heavy (non-hydrogen) atoms. The van der Waals surface area contributed by atoms with Crippen molar-refractivity contribution in [2.24, 2.45) is 0 Å². The number of nitrogens with one attached hydrogen (secondary N) is 3. The smallest absolute Gasteiger partial charge is 0.326 e. The average Bonchev–Trinajstić information content (AvgIpc) is 3.49. The number of aryl methyl sites for hydroxylation is 3. The van der Waals surface area contributed by atoms with E-state index in [4.69, 9.17) is 4.42 Å². The van der Waals surface area contributed by atoms with Gasteiger partial charge in [0.05, 0.1) is 6.54 Å². The molecule has 0 aliphatic heterocycles. The second-order valence-corrected chi connectivity index (χ2v) is 8.60. The van der Waals surface area contributed by atoms with Gasteiger partial charge in [0.1, 0.15) is 17.6 Å². The van der Waals surface area contributed by atoms with Crippen molar-refractivity contribution in [2.45, 2.75) is 39.8 Å². The monoisotopic (exact) mass is 472 g/mol. The predicted octanol–water partition coefficient (Wildman–Crippen LogP) is 4.63. The van der Waals surface area contributed by atoms with Crippen molar-refractivity contribution in [1.29, 1.82) is 0 Å². The Hall–Kier alpha value is -4.33. The van der Waals surface area contributed by atoms with Crippen molar-refractivity contribution in [3.05, 3.63) is 94.5 Å². The summed E-state index contributed by atoms with van der Waals surface area (Å²) >= 11 is 0. The van der Waals surface area contributed by atoms with E-state index in [1.165, 1.54) is 0 Å². The fourth-order valence-electron chi connectivity index (χ4n) is 4.17. The van der Waals surface area contributed by atoms with E-state index in [0.717, 1.165) is 33.6 Å². The van der Waals surface area contributed by atoms with E-state index >= 15 is 0 Å². The Morgan fingerprint density at radius 2 is 1.77 bits per heavy atom. The molecule has 0 aliphatic rings. The molecular weight excluding hydrogens is 444 g/mol. The zero-order valence-corrected chi connectivity index (χ0v) is 19.9. The summed E-state index contributed by atoms with van der Waals surface area (Å²) in [5, 5.41) is 15.5. The summed E-state index contributed by atoms with van der Waals surface area (Å²) in [6.07, 6.45) is 3.58. The molecule has 0 spiro atoms. The Bertz CT molecular complexity index is 1300. The first kappa shape index (κ1) is 23.8. The summed E-state index contributed by atoms with van der Waals surface area (Å²) in [6.45, 7) is 6.17. The maximum absolute atomic E-state index is 12.9.